The third-order valence-electron chi connectivity index (χ3n) is 6.80. The van der Waals surface area contributed by atoms with Crippen LogP contribution >= 0.6 is 0 Å². The van der Waals surface area contributed by atoms with Crippen LogP contribution in [-0.4, -0.2) is 48.5 Å². The van der Waals surface area contributed by atoms with Crippen molar-refractivity contribution < 1.29 is 9.59 Å². The van der Waals surface area contributed by atoms with Gasteiger partial charge >= 0.3 is 0 Å². The van der Waals surface area contributed by atoms with Crippen molar-refractivity contribution in [3.63, 3.8) is 0 Å². The summed E-state index contributed by atoms with van der Waals surface area (Å²) in [5.41, 5.74) is 4.54. The van der Waals surface area contributed by atoms with Crippen molar-refractivity contribution in [2.45, 2.75) is 71.9 Å². The Labute approximate surface area is 198 Å². The molecule has 1 aromatic rings. The van der Waals surface area contributed by atoms with E-state index in [1.807, 2.05) is 33.9 Å². The predicted molar refractivity (Wildman–Crippen MR) is 135 cm³/mol. The Kier molecular flexibility index (Phi) is 7.92. The summed E-state index contributed by atoms with van der Waals surface area (Å²) in [4.78, 5) is 32.5. The van der Waals surface area contributed by atoms with Crippen LogP contribution in [0, 0.1) is 23.7 Å². The molecule has 2 aliphatic heterocycles. The number of carbonyl (C=O) groups is 2. The maximum atomic E-state index is 13.3. The van der Waals surface area contributed by atoms with Crippen molar-refractivity contribution in [3.8, 4) is 12.3 Å². The molecular formula is C28H37N3O2. The Morgan fingerprint density at radius 1 is 1.27 bits per heavy atom. The van der Waals surface area contributed by atoms with Gasteiger partial charge in [0.1, 0.15) is 0 Å². The summed E-state index contributed by atoms with van der Waals surface area (Å²) >= 11 is 0. The summed E-state index contributed by atoms with van der Waals surface area (Å²) in [7, 11) is 1.79. The highest BCUT2D eigenvalue weighted by molar-refractivity contribution is 5.92. The fourth-order valence-electron chi connectivity index (χ4n) is 4.93. The summed E-state index contributed by atoms with van der Waals surface area (Å²) < 4.78 is 0. The van der Waals surface area contributed by atoms with E-state index < -0.39 is 6.04 Å². The van der Waals surface area contributed by atoms with Crippen molar-refractivity contribution in [2.75, 3.05) is 13.6 Å². The number of amides is 1. The lowest BCUT2D eigenvalue weighted by Crippen LogP contribution is -2.54. The molecule has 3 atom stereocenters. The van der Waals surface area contributed by atoms with E-state index in [2.05, 4.69) is 40.5 Å². The number of nitrogens with zero attached hydrogens (tertiary/aromatic N) is 2. The van der Waals surface area contributed by atoms with Crippen LogP contribution in [0.25, 0.3) is 5.57 Å². The van der Waals surface area contributed by atoms with Gasteiger partial charge in [-0.25, -0.2) is 0 Å². The van der Waals surface area contributed by atoms with Crippen molar-refractivity contribution >= 4 is 23.5 Å². The highest BCUT2D eigenvalue weighted by atomic mass is 16.2. The van der Waals surface area contributed by atoms with Gasteiger partial charge in [0.2, 0.25) is 5.91 Å². The smallest absolute Gasteiger partial charge is 0.240 e. The maximum absolute atomic E-state index is 13.3. The number of likely N-dealkylation sites (N-methyl/N-ethyl adjacent to an activating group) is 1. The van der Waals surface area contributed by atoms with Gasteiger partial charge in [0.15, 0.2) is 5.78 Å². The zero-order chi connectivity index (χ0) is 24.2. The third kappa shape index (κ3) is 5.81. The molecule has 5 nitrogen and oxygen atoms in total. The first-order valence-corrected chi connectivity index (χ1v) is 11.9. The molecule has 0 bridgehead atoms. The Morgan fingerprint density at radius 3 is 2.52 bits per heavy atom. The quantitative estimate of drug-likeness (QED) is 0.606. The lowest BCUT2D eigenvalue weighted by Gasteiger charge is -2.34. The second-order valence-electron chi connectivity index (χ2n) is 10.3. The molecule has 1 N–H and O–H groups in total. The number of benzene rings is 1. The van der Waals surface area contributed by atoms with Crippen LogP contribution in [0.2, 0.25) is 0 Å². The molecule has 0 aliphatic carbocycles. The number of hydrogen-bond acceptors (Lipinski definition) is 4. The van der Waals surface area contributed by atoms with Crippen LogP contribution < -0.4 is 5.32 Å². The van der Waals surface area contributed by atoms with E-state index in [9.17, 15) is 9.59 Å². The van der Waals surface area contributed by atoms with Gasteiger partial charge in [-0.05, 0) is 55.3 Å². The molecule has 2 heterocycles. The second kappa shape index (κ2) is 10.5. The van der Waals surface area contributed by atoms with E-state index in [4.69, 9.17) is 6.42 Å². The molecule has 33 heavy (non-hydrogen) atoms. The molecule has 2 aliphatic rings. The van der Waals surface area contributed by atoms with Crippen LogP contribution in [0.15, 0.2) is 35.0 Å². The van der Waals surface area contributed by atoms with Crippen molar-refractivity contribution in [1.29, 1.82) is 0 Å². The average molecular weight is 448 g/mol. The van der Waals surface area contributed by atoms with Gasteiger partial charge in [0.05, 0.1) is 12.1 Å². The van der Waals surface area contributed by atoms with E-state index >= 15 is 0 Å². The number of rotatable bonds is 8. The molecule has 1 fully saturated rings. The van der Waals surface area contributed by atoms with Crippen LogP contribution in [-0.2, 0) is 16.0 Å². The summed E-state index contributed by atoms with van der Waals surface area (Å²) in [5, 5.41) is 3.14. The van der Waals surface area contributed by atoms with Crippen LogP contribution in [0.1, 0.15) is 64.5 Å². The predicted octanol–water partition coefficient (Wildman–Crippen LogP) is 4.27. The number of nitrogens with one attached hydrogen (secondary N) is 1. The zero-order valence-electron chi connectivity index (χ0n) is 20.6. The minimum Gasteiger partial charge on any atom is -0.330 e. The van der Waals surface area contributed by atoms with E-state index in [1.165, 1.54) is 16.7 Å². The fourth-order valence-corrected chi connectivity index (χ4v) is 4.93. The number of hydrogen-bond donors (Lipinski definition) is 1. The van der Waals surface area contributed by atoms with Crippen LogP contribution in [0.5, 0.6) is 0 Å². The molecular weight excluding hydrogens is 410 g/mol. The first-order valence-electron chi connectivity index (χ1n) is 11.9. The van der Waals surface area contributed by atoms with E-state index in [1.54, 1.807) is 11.9 Å². The van der Waals surface area contributed by atoms with Crippen LogP contribution in [0.3, 0.4) is 0 Å². The Bertz CT molecular complexity index is 976. The normalized spacial score (nSPS) is 21.4. The standard InChI is InChI=1S/C28H37N3O2/c1-7-20-17-24(31(18-20)27(33)26(29-6)28(3,4)5)25(32)10-8-9-21-11-13-22(14-12-21)23-15-16-30-19(23)2/h1,11-14,16,20,24,26,29H,8-10,15,17-18H2,2-6H3/t20-,24+,26-/m1/s1. The summed E-state index contributed by atoms with van der Waals surface area (Å²) in [5.74, 6) is 2.78. The fraction of sp³-hybridized carbons (Fsp3) is 0.536. The number of Topliss-reactive ketones (excluding diaryl/α,β-unsaturated/α-hetero) is 1. The van der Waals surface area contributed by atoms with Crippen LogP contribution in [0.4, 0.5) is 0 Å². The largest absolute Gasteiger partial charge is 0.330 e. The lowest BCUT2D eigenvalue weighted by molar-refractivity contribution is -0.141. The van der Waals surface area contributed by atoms with Gasteiger partial charge in [-0.15, -0.1) is 12.3 Å². The topological polar surface area (TPSA) is 61.8 Å². The zero-order valence-corrected chi connectivity index (χ0v) is 20.6. The molecule has 0 spiro atoms. The van der Waals surface area contributed by atoms with E-state index in [0.717, 1.165) is 25.0 Å². The maximum Gasteiger partial charge on any atom is 0.240 e. The number of allylic oxidation sites excluding steroid dienone is 2. The van der Waals surface area contributed by atoms with Gasteiger partial charge < -0.3 is 10.2 Å². The van der Waals surface area contributed by atoms with Crippen molar-refractivity contribution in [1.82, 2.24) is 10.2 Å². The summed E-state index contributed by atoms with van der Waals surface area (Å²) in [6, 6.07) is 7.79. The van der Waals surface area contributed by atoms with E-state index in [0.29, 0.717) is 19.4 Å². The number of ketones is 1. The van der Waals surface area contributed by atoms with Gasteiger partial charge in [0.25, 0.3) is 0 Å². The SMILES string of the molecule is C#C[C@@H]1C[C@@H](C(=O)CCCc2ccc(C3=C(C)N=CC3)cc2)N(C(=O)[C@@H](NC)C(C)(C)C)C1. The third-order valence-corrected chi connectivity index (χ3v) is 6.80. The Morgan fingerprint density at radius 2 is 1.97 bits per heavy atom. The number of aliphatic imine (C=N–C) groups is 1. The Hall–Kier alpha value is -2.71. The first kappa shape index (κ1) is 24.9. The highest BCUT2D eigenvalue weighted by Crippen LogP contribution is 2.30. The molecule has 0 aromatic heterocycles. The first-order chi connectivity index (χ1) is 15.7. The molecule has 3 rings (SSSR count). The summed E-state index contributed by atoms with van der Waals surface area (Å²) in [6.07, 6.45) is 11.1. The molecule has 0 unspecified atom stereocenters. The molecule has 5 heteroatoms. The molecule has 176 valence electrons. The van der Waals surface area contributed by atoms with Crippen molar-refractivity contribution in [3.05, 3.63) is 41.1 Å². The number of terminal acetylenes is 1. The monoisotopic (exact) mass is 447 g/mol. The lowest BCUT2D eigenvalue weighted by atomic mass is 9.85. The molecule has 1 saturated heterocycles. The number of aryl methyl sites for hydroxylation is 1. The number of carbonyl (C=O) groups excluding carboxylic acids is 2. The minimum absolute atomic E-state index is 0.0304. The average Bonchev–Trinajstić information content (AvgIpc) is 3.40. The molecule has 0 radical (unpaired) electrons. The number of likely N-dealkylation sites (tertiary alicyclic amines) is 1. The molecule has 1 aromatic carbocycles. The second-order valence-corrected chi connectivity index (χ2v) is 10.3. The Balaban J connectivity index is 1.59. The van der Waals surface area contributed by atoms with Crippen molar-refractivity contribution in [2.24, 2.45) is 16.3 Å². The van der Waals surface area contributed by atoms with Gasteiger partial charge in [-0.3, -0.25) is 14.6 Å². The summed E-state index contributed by atoms with van der Waals surface area (Å²) in [6.45, 7) is 8.59. The van der Waals surface area contributed by atoms with Gasteiger partial charge in [-0.1, -0.05) is 45.0 Å². The van der Waals surface area contributed by atoms with E-state index in [-0.39, 0.29) is 29.1 Å². The minimum atomic E-state index is -0.420. The molecule has 1 amide bonds. The highest BCUT2D eigenvalue weighted by Gasteiger charge is 2.42. The molecule has 0 saturated carbocycles. The van der Waals surface area contributed by atoms with Gasteiger partial charge in [-0.2, -0.15) is 0 Å². The van der Waals surface area contributed by atoms with Gasteiger partial charge in [0, 0.05) is 37.2 Å².